The largest absolute Gasteiger partial charge is 0.596 e. The molecule has 0 aromatic carbocycles. The molecule has 0 bridgehead atoms. The minimum Gasteiger partial charge on any atom is -0.596 e. The Morgan fingerprint density at radius 2 is 2.06 bits per heavy atom. The molecule has 0 fully saturated rings. The smallest absolute Gasteiger partial charge is 0.324 e. The van der Waals surface area contributed by atoms with Crippen LogP contribution in [0.5, 0.6) is 0 Å². The van der Waals surface area contributed by atoms with Crippen LogP contribution in [0.1, 0.15) is 33.6 Å². The van der Waals surface area contributed by atoms with Crippen LogP contribution in [0.15, 0.2) is 4.74 Å². The van der Waals surface area contributed by atoms with E-state index in [9.17, 15) is 9.69 Å². The first-order chi connectivity index (χ1) is 7.42. The van der Waals surface area contributed by atoms with Gasteiger partial charge in [0.15, 0.2) is 11.2 Å². The zero-order valence-corrected chi connectivity index (χ0v) is 11.4. The number of ether oxygens (including phenoxy) is 1. The van der Waals surface area contributed by atoms with Crippen molar-refractivity contribution in [3.05, 3.63) is 0 Å². The number of carbonyl (C=O) groups excluding carboxylic acids is 1. The molecule has 0 radical (unpaired) electrons. The first-order valence-electron chi connectivity index (χ1n) is 5.22. The van der Waals surface area contributed by atoms with Gasteiger partial charge in [0.05, 0.1) is 0 Å². The number of hydrogen-bond acceptors (Lipinski definition) is 5. The second-order valence-electron chi connectivity index (χ2n) is 3.53. The molecule has 0 aliphatic rings. The molecule has 5 nitrogen and oxygen atoms in total. The van der Waals surface area contributed by atoms with Gasteiger partial charge in [-0.1, -0.05) is 13.8 Å². The standard InChI is InChI=1S/C9H18ClN2O3P/c1-4-7(5-2)8(12-16(10)14)15-9(13)6(3)11/h6-8H,4-5,11H2,1-3H3. The molecule has 7 heteroatoms. The lowest BCUT2D eigenvalue weighted by molar-refractivity contribution is -0.156. The molecule has 16 heavy (non-hydrogen) atoms. The monoisotopic (exact) mass is 268 g/mol. The van der Waals surface area contributed by atoms with E-state index in [0.29, 0.717) is 0 Å². The van der Waals surface area contributed by atoms with Crippen molar-refractivity contribution in [2.75, 3.05) is 0 Å². The van der Waals surface area contributed by atoms with Crippen molar-refractivity contribution in [3.63, 3.8) is 0 Å². The van der Waals surface area contributed by atoms with Gasteiger partial charge in [-0.2, -0.15) is 0 Å². The van der Waals surface area contributed by atoms with Gasteiger partial charge in [0.25, 0.3) is 7.29 Å². The molecular formula is C9H18ClN2O3P. The molecule has 0 aromatic heterocycles. The van der Waals surface area contributed by atoms with Crippen molar-refractivity contribution < 1.29 is 14.4 Å². The average Bonchev–Trinajstić information content (AvgIpc) is 2.18. The molecule has 0 aliphatic heterocycles. The summed E-state index contributed by atoms with van der Waals surface area (Å²) < 4.78 is 8.79. The molecule has 3 atom stereocenters. The second-order valence-corrected chi connectivity index (χ2v) is 5.09. The van der Waals surface area contributed by atoms with Crippen LogP contribution < -0.4 is 10.6 Å². The molecule has 3 unspecified atom stereocenters. The van der Waals surface area contributed by atoms with E-state index >= 15 is 0 Å². The Morgan fingerprint density at radius 3 is 2.38 bits per heavy atom. The lowest BCUT2D eigenvalue weighted by Crippen LogP contribution is -2.34. The Bertz CT molecular complexity index is 253. The van der Waals surface area contributed by atoms with Crippen LogP contribution in [0, 0.1) is 5.92 Å². The Labute approximate surface area is 102 Å². The van der Waals surface area contributed by atoms with E-state index in [1.165, 1.54) is 6.92 Å². The van der Waals surface area contributed by atoms with Gasteiger partial charge in [0, 0.05) is 5.92 Å². The van der Waals surface area contributed by atoms with E-state index in [-0.39, 0.29) is 5.92 Å². The molecule has 0 aromatic rings. The summed E-state index contributed by atoms with van der Waals surface area (Å²) >= 11 is 5.31. The summed E-state index contributed by atoms with van der Waals surface area (Å²) in [5.41, 5.74) is 5.38. The Morgan fingerprint density at radius 1 is 1.56 bits per heavy atom. The van der Waals surface area contributed by atoms with Crippen molar-refractivity contribution >= 4 is 24.5 Å². The summed E-state index contributed by atoms with van der Waals surface area (Å²) in [6.07, 6.45) is 0.753. The highest BCUT2D eigenvalue weighted by molar-refractivity contribution is 7.69. The lowest BCUT2D eigenvalue weighted by Gasteiger charge is -2.20. The summed E-state index contributed by atoms with van der Waals surface area (Å²) in [5.74, 6) is -0.547. The Balaban J connectivity index is 4.67. The third kappa shape index (κ3) is 5.75. The van der Waals surface area contributed by atoms with Gasteiger partial charge in [-0.15, -0.1) is 0 Å². The van der Waals surface area contributed by atoms with E-state index in [1.54, 1.807) is 0 Å². The van der Waals surface area contributed by atoms with Crippen LogP contribution in [0.4, 0.5) is 0 Å². The van der Waals surface area contributed by atoms with E-state index in [1.807, 2.05) is 13.8 Å². The maximum absolute atomic E-state index is 11.3. The minimum absolute atomic E-state index is 0.0143. The number of esters is 1. The van der Waals surface area contributed by atoms with Crippen molar-refractivity contribution in [1.82, 2.24) is 0 Å². The van der Waals surface area contributed by atoms with Gasteiger partial charge < -0.3 is 15.4 Å². The predicted octanol–water partition coefficient (Wildman–Crippen LogP) is 1.73. The highest BCUT2D eigenvalue weighted by Crippen LogP contribution is 2.27. The normalized spacial score (nSPS) is 16.1. The van der Waals surface area contributed by atoms with Crippen LogP contribution in [0.2, 0.25) is 0 Å². The van der Waals surface area contributed by atoms with Gasteiger partial charge >= 0.3 is 5.97 Å². The fraction of sp³-hybridized carbons (Fsp3) is 0.889. The third-order valence-electron chi connectivity index (χ3n) is 2.27. The average molecular weight is 269 g/mol. The zero-order valence-electron chi connectivity index (χ0n) is 9.72. The van der Waals surface area contributed by atoms with Gasteiger partial charge in [0.1, 0.15) is 6.04 Å². The van der Waals surface area contributed by atoms with Crippen LogP contribution >= 0.6 is 18.5 Å². The summed E-state index contributed by atoms with van der Waals surface area (Å²) in [4.78, 5) is 22.2. The molecule has 0 saturated heterocycles. The topological polar surface area (TPSA) is 87.7 Å². The molecule has 2 N–H and O–H groups in total. The van der Waals surface area contributed by atoms with E-state index < -0.39 is 25.5 Å². The molecule has 94 valence electrons. The van der Waals surface area contributed by atoms with Crippen LogP contribution in [0.25, 0.3) is 0 Å². The van der Waals surface area contributed by atoms with Crippen molar-refractivity contribution in [2.45, 2.75) is 45.9 Å². The van der Waals surface area contributed by atoms with Crippen LogP contribution in [0.3, 0.4) is 0 Å². The highest BCUT2D eigenvalue weighted by Gasteiger charge is 2.26. The zero-order chi connectivity index (χ0) is 12.7. The van der Waals surface area contributed by atoms with Crippen molar-refractivity contribution in [3.8, 4) is 0 Å². The van der Waals surface area contributed by atoms with Gasteiger partial charge in [-0.25, -0.2) is 0 Å². The molecule has 0 heterocycles. The SMILES string of the molecule is CCC(CC)C(/N=[P+](\[O-])Cl)OC(=O)C(C)N. The number of halogens is 1. The van der Waals surface area contributed by atoms with Crippen LogP contribution in [-0.4, -0.2) is 18.2 Å². The molecule has 0 aliphatic carbocycles. The number of rotatable bonds is 6. The molecule has 0 saturated carbocycles. The fourth-order valence-electron chi connectivity index (χ4n) is 1.22. The summed E-state index contributed by atoms with van der Waals surface area (Å²) in [6.45, 7) is 5.41. The summed E-state index contributed by atoms with van der Waals surface area (Å²) in [7, 11) is -2.20. The van der Waals surface area contributed by atoms with Gasteiger partial charge in [-0.05, 0) is 24.5 Å². The van der Waals surface area contributed by atoms with Crippen molar-refractivity contribution in [2.24, 2.45) is 16.4 Å². The predicted molar refractivity (Wildman–Crippen MR) is 62.8 cm³/mol. The molecule has 0 spiro atoms. The Hall–Kier alpha value is -0.220. The van der Waals surface area contributed by atoms with E-state index in [0.717, 1.165) is 12.8 Å². The first-order valence-corrected chi connectivity index (χ1v) is 7.33. The summed E-state index contributed by atoms with van der Waals surface area (Å²) in [5, 5.41) is 0. The molecule has 0 amide bonds. The quantitative estimate of drug-likeness (QED) is 0.587. The maximum Gasteiger partial charge on any atom is 0.324 e. The lowest BCUT2D eigenvalue weighted by atomic mass is 10.0. The first kappa shape index (κ1) is 15.8. The Kier molecular flexibility index (Phi) is 7.85. The highest BCUT2D eigenvalue weighted by atomic mass is 35.7. The van der Waals surface area contributed by atoms with Gasteiger partial charge in [0.2, 0.25) is 6.23 Å². The fourth-order valence-corrected chi connectivity index (χ4v) is 1.89. The number of carbonyl (C=O) groups is 1. The number of nitrogens with zero attached hydrogens (tertiary/aromatic N) is 1. The third-order valence-corrected chi connectivity index (χ3v) is 2.94. The molecular weight excluding hydrogens is 251 g/mol. The van der Waals surface area contributed by atoms with E-state index in [2.05, 4.69) is 4.74 Å². The number of hydrogen-bond donors (Lipinski definition) is 1. The van der Waals surface area contributed by atoms with Crippen LogP contribution in [-0.2, 0) is 9.53 Å². The molecule has 0 rings (SSSR count). The van der Waals surface area contributed by atoms with Gasteiger partial charge in [-0.3, -0.25) is 4.79 Å². The minimum atomic E-state index is -2.20. The summed E-state index contributed by atoms with van der Waals surface area (Å²) in [6, 6.07) is -0.722. The maximum atomic E-state index is 11.3. The van der Waals surface area contributed by atoms with E-state index in [4.69, 9.17) is 21.7 Å². The second kappa shape index (κ2) is 7.96. The number of nitrogens with two attached hydrogens (primary N) is 1. The van der Waals surface area contributed by atoms with Crippen molar-refractivity contribution in [1.29, 1.82) is 0 Å².